The predicted molar refractivity (Wildman–Crippen MR) is 104 cm³/mol. The Morgan fingerprint density at radius 3 is 2.69 bits per heavy atom. The average Bonchev–Trinajstić information content (AvgIpc) is 2.61. The van der Waals surface area contributed by atoms with Crippen LogP contribution in [0.3, 0.4) is 0 Å². The molecule has 0 saturated carbocycles. The van der Waals surface area contributed by atoms with Crippen LogP contribution in [0, 0.1) is 24.0 Å². The van der Waals surface area contributed by atoms with E-state index >= 15 is 0 Å². The van der Waals surface area contributed by atoms with Crippen LogP contribution in [0.1, 0.15) is 11.1 Å². The van der Waals surface area contributed by atoms with E-state index in [9.17, 15) is 14.9 Å². The van der Waals surface area contributed by atoms with Gasteiger partial charge in [-0.3, -0.25) is 14.9 Å². The number of anilines is 1. The van der Waals surface area contributed by atoms with E-state index in [0.717, 1.165) is 27.1 Å². The third kappa shape index (κ3) is 4.00. The first-order valence-corrected chi connectivity index (χ1v) is 8.96. The van der Waals surface area contributed by atoms with E-state index < -0.39 is 4.92 Å². The van der Waals surface area contributed by atoms with E-state index in [1.165, 1.54) is 30.0 Å². The molecule has 132 valence electrons. The number of fused-ring (bicyclic) bond motifs is 1. The monoisotopic (exact) mass is 367 g/mol. The summed E-state index contributed by atoms with van der Waals surface area (Å²) in [7, 11) is 0. The molecule has 0 atom stereocenters. The number of nitrogens with zero attached hydrogens (tertiary/aromatic N) is 2. The average molecular weight is 367 g/mol. The molecular formula is C19H17N3O3S. The minimum Gasteiger partial charge on any atom is -0.325 e. The Morgan fingerprint density at radius 1 is 1.15 bits per heavy atom. The predicted octanol–water partition coefficient (Wildman–Crippen LogP) is 4.49. The molecule has 6 nitrogen and oxygen atoms in total. The maximum absolute atomic E-state index is 12.2. The number of hydrogen-bond acceptors (Lipinski definition) is 5. The normalized spacial score (nSPS) is 10.7. The number of rotatable bonds is 5. The highest BCUT2D eigenvalue weighted by Gasteiger charge is 2.10. The van der Waals surface area contributed by atoms with Crippen molar-refractivity contribution in [3.63, 3.8) is 0 Å². The Morgan fingerprint density at radius 2 is 1.92 bits per heavy atom. The summed E-state index contributed by atoms with van der Waals surface area (Å²) < 4.78 is 0. The van der Waals surface area contributed by atoms with Crippen LogP contribution in [0.2, 0.25) is 0 Å². The standard InChI is InChI=1S/C19H17N3O3S/c1-12-5-3-8-16-13(2)9-18(21-19(12)16)26-11-17(23)20-14-6-4-7-15(10-14)22(24)25/h3-10H,11H2,1-2H3,(H,20,23). The smallest absolute Gasteiger partial charge is 0.271 e. The Bertz CT molecular complexity index is 1000. The van der Waals surface area contributed by atoms with Crippen molar-refractivity contribution in [1.82, 2.24) is 4.98 Å². The molecule has 0 fully saturated rings. The SMILES string of the molecule is Cc1cc(SCC(=O)Nc2cccc([N+](=O)[O-])c2)nc2c(C)cccc12. The van der Waals surface area contributed by atoms with Gasteiger partial charge in [-0.2, -0.15) is 0 Å². The molecule has 2 aromatic carbocycles. The molecule has 3 aromatic rings. The number of carbonyl (C=O) groups excluding carboxylic acids is 1. The number of aromatic nitrogens is 1. The van der Waals surface area contributed by atoms with Gasteiger partial charge in [0.25, 0.3) is 5.69 Å². The molecule has 3 rings (SSSR count). The van der Waals surface area contributed by atoms with Crippen LogP contribution in [0.15, 0.2) is 53.6 Å². The van der Waals surface area contributed by atoms with Gasteiger partial charge in [-0.25, -0.2) is 4.98 Å². The zero-order valence-electron chi connectivity index (χ0n) is 14.4. The summed E-state index contributed by atoms with van der Waals surface area (Å²) in [5.74, 6) is -0.0631. The summed E-state index contributed by atoms with van der Waals surface area (Å²) in [6, 6.07) is 13.9. The van der Waals surface area contributed by atoms with Crippen molar-refractivity contribution in [2.45, 2.75) is 18.9 Å². The first-order valence-electron chi connectivity index (χ1n) is 7.98. The summed E-state index contributed by atoms with van der Waals surface area (Å²) in [4.78, 5) is 27.1. The number of aryl methyl sites for hydroxylation is 2. The lowest BCUT2D eigenvalue weighted by Crippen LogP contribution is -2.14. The number of nitro groups is 1. The largest absolute Gasteiger partial charge is 0.325 e. The molecular weight excluding hydrogens is 350 g/mol. The Balaban J connectivity index is 1.70. The molecule has 0 aliphatic rings. The molecule has 0 radical (unpaired) electrons. The maximum atomic E-state index is 12.2. The second kappa shape index (κ2) is 7.53. The Labute approximate surface area is 154 Å². The highest BCUT2D eigenvalue weighted by molar-refractivity contribution is 7.99. The van der Waals surface area contributed by atoms with E-state index in [0.29, 0.717) is 5.69 Å². The first-order chi connectivity index (χ1) is 12.4. The number of carbonyl (C=O) groups is 1. The van der Waals surface area contributed by atoms with E-state index in [-0.39, 0.29) is 17.3 Å². The van der Waals surface area contributed by atoms with Gasteiger partial charge in [0, 0.05) is 23.2 Å². The zero-order valence-corrected chi connectivity index (χ0v) is 15.2. The van der Waals surface area contributed by atoms with Crippen LogP contribution in [-0.4, -0.2) is 21.6 Å². The minimum atomic E-state index is -0.492. The molecule has 0 bridgehead atoms. The van der Waals surface area contributed by atoms with Crippen molar-refractivity contribution in [3.8, 4) is 0 Å². The molecule has 1 amide bonds. The summed E-state index contributed by atoms with van der Waals surface area (Å²) in [5.41, 5.74) is 3.49. The van der Waals surface area contributed by atoms with E-state index in [1.54, 1.807) is 6.07 Å². The van der Waals surface area contributed by atoms with Gasteiger partial charge in [0.05, 0.1) is 21.2 Å². The van der Waals surface area contributed by atoms with Crippen LogP contribution >= 0.6 is 11.8 Å². The van der Waals surface area contributed by atoms with E-state index in [1.807, 2.05) is 38.1 Å². The lowest BCUT2D eigenvalue weighted by Gasteiger charge is -2.08. The maximum Gasteiger partial charge on any atom is 0.271 e. The van der Waals surface area contributed by atoms with Crippen molar-refractivity contribution in [1.29, 1.82) is 0 Å². The molecule has 7 heteroatoms. The van der Waals surface area contributed by atoms with Gasteiger partial charge in [-0.15, -0.1) is 0 Å². The lowest BCUT2D eigenvalue weighted by molar-refractivity contribution is -0.384. The van der Waals surface area contributed by atoms with Gasteiger partial charge in [-0.05, 0) is 37.1 Å². The number of hydrogen-bond donors (Lipinski definition) is 1. The van der Waals surface area contributed by atoms with Gasteiger partial charge in [-0.1, -0.05) is 36.0 Å². The molecule has 1 N–H and O–H groups in total. The quantitative estimate of drug-likeness (QED) is 0.408. The van der Waals surface area contributed by atoms with Crippen LogP contribution in [-0.2, 0) is 4.79 Å². The summed E-state index contributed by atoms with van der Waals surface area (Å²) in [5, 5.41) is 15.4. The van der Waals surface area contributed by atoms with Crippen molar-refractivity contribution in [3.05, 3.63) is 69.8 Å². The molecule has 26 heavy (non-hydrogen) atoms. The van der Waals surface area contributed by atoms with Gasteiger partial charge in [0.1, 0.15) is 0 Å². The van der Waals surface area contributed by atoms with Crippen molar-refractivity contribution >= 4 is 39.9 Å². The molecule has 0 unspecified atom stereocenters. The Kier molecular flexibility index (Phi) is 5.18. The Hall–Kier alpha value is -2.93. The van der Waals surface area contributed by atoms with Gasteiger partial charge < -0.3 is 5.32 Å². The highest BCUT2D eigenvalue weighted by atomic mass is 32.2. The second-order valence-electron chi connectivity index (χ2n) is 5.89. The fraction of sp³-hybridized carbons (Fsp3) is 0.158. The number of para-hydroxylation sites is 1. The third-order valence-corrected chi connectivity index (χ3v) is 4.83. The molecule has 0 spiro atoms. The number of pyridine rings is 1. The highest BCUT2D eigenvalue weighted by Crippen LogP contribution is 2.26. The summed E-state index contributed by atoms with van der Waals surface area (Å²) in [6.45, 7) is 4.04. The van der Waals surface area contributed by atoms with Gasteiger partial charge >= 0.3 is 0 Å². The molecule has 1 heterocycles. The topological polar surface area (TPSA) is 85.1 Å². The van der Waals surface area contributed by atoms with Crippen molar-refractivity contribution in [2.24, 2.45) is 0 Å². The molecule has 0 saturated heterocycles. The van der Waals surface area contributed by atoms with Crippen molar-refractivity contribution < 1.29 is 9.72 Å². The van der Waals surface area contributed by atoms with E-state index in [4.69, 9.17) is 0 Å². The molecule has 0 aliphatic heterocycles. The number of non-ortho nitro benzene ring substituents is 1. The fourth-order valence-electron chi connectivity index (χ4n) is 2.64. The fourth-order valence-corrected chi connectivity index (χ4v) is 3.41. The molecule has 1 aromatic heterocycles. The number of thioether (sulfide) groups is 1. The number of nitrogens with one attached hydrogen (secondary N) is 1. The zero-order chi connectivity index (χ0) is 18.7. The van der Waals surface area contributed by atoms with Gasteiger partial charge in [0.15, 0.2) is 0 Å². The second-order valence-corrected chi connectivity index (χ2v) is 6.89. The first kappa shape index (κ1) is 17.9. The van der Waals surface area contributed by atoms with Crippen molar-refractivity contribution in [2.75, 3.05) is 11.1 Å². The number of nitro benzene ring substituents is 1. The van der Waals surface area contributed by atoms with Gasteiger partial charge in [0.2, 0.25) is 5.91 Å². The van der Waals surface area contributed by atoms with Crippen LogP contribution < -0.4 is 5.32 Å². The number of amides is 1. The van der Waals surface area contributed by atoms with Crippen LogP contribution in [0.5, 0.6) is 0 Å². The molecule has 0 aliphatic carbocycles. The lowest BCUT2D eigenvalue weighted by atomic mass is 10.1. The summed E-state index contributed by atoms with van der Waals surface area (Å²) in [6.07, 6.45) is 0. The minimum absolute atomic E-state index is 0.0576. The third-order valence-electron chi connectivity index (χ3n) is 3.92. The number of benzene rings is 2. The van der Waals surface area contributed by atoms with Crippen LogP contribution in [0.25, 0.3) is 10.9 Å². The van der Waals surface area contributed by atoms with E-state index in [2.05, 4.69) is 10.3 Å². The van der Waals surface area contributed by atoms with Crippen LogP contribution in [0.4, 0.5) is 11.4 Å². The summed E-state index contributed by atoms with van der Waals surface area (Å²) >= 11 is 1.34.